The lowest BCUT2D eigenvalue weighted by Crippen LogP contribution is -2.38. The van der Waals surface area contributed by atoms with Crippen LogP contribution < -0.4 is 5.32 Å². The molecule has 0 saturated heterocycles. The van der Waals surface area contributed by atoms with E-state index in [0.29, 0.717) is 18.6 Å². The van der Waals surface area contributed by atoms with Gasteiger partial charge in [-0.3, -0.25) is 4.79 Å². The van der Waals surface area contributed by atoms with Crippen molar-refractivity contribution < 1.29 is 15.8 Å². The van der Waals surface area contributed by atoms with Crippen LogP contribution in [0.1, 0.15) is 45.2 Å². The number of amides is 1. The number of carbonyl (C=O) groups is 2. The molecule has 0 aromatic heterocycles. The van der Waals surface area contributed by atoms with E-state index in [1.165, 1.54) is 11.8 Å². The third-order valence-corrected chi connectivity index (χ3v) is 4.12. The zero-order valence-corrected chi connectivity index (χ0v) is 13.7. The number of aryl methyl sites for hydroxylation is 1. The summed E-state index contributed by atoms with van der Waals surface area (Å²) in [7, 11) is 0. The molecule has 1 aromatic carbocycles. The quantitative estimate of drug-likeness (QED) is 0.809. The van der Waals surface area contributed by atoms with Gasteiger partial charge in [-0.2, -0.15) is 0 Å². The van der Waals surface area contributed by atoms with Gasteiger partial charge in [-0.25, -0.2) is 0 Å². The van der Waals surface area contributed by atoms with Crippen LogP contribution >= 0.6 is 0 Å². The van der Waals surface area contributed by atoms with Crippen LogP contribution in [0.15, 0.2) is 36.1 Å². The molecule has 0 aliphatic carbocycles. The molecule has 4 nitrogen and oxygen atoms in total. The molecule has 0 spiro atoms. The van der Waals surface area contributed by atoms with Crippen LogP contribution in [0.2, 0.25) is 0 Å². The van der Waals surface area contributed by atoms with Crippen LogP contribution in [0.3, 0.4) is 0 Å². The molecule has 0 radical (unpaired) electrons. The van der Waals surface area contributed by atoms with E-state index in [9.17, 15) is 9.59 Å². The van der Waals surface area contributed by atoms with Gasteiger partial charge in [0.15, 0.2) is 0 Å². The van der Waals surface area contributed by atoms with E-state index in [1.807, 2.05) is 18.2 Å². The van der Waals surface area contributed by atoms with Crippen LogP contribution in [0.4, 0.5) is 0 Å². The molecule has 0 fully saturated rings. The maximum absolute atomic E-state index is 12.1. The average molecular weight is 317 g/mol. The molecule has 1 amide bonds. The minimum absolute atomic E-state index is 0. The highest BCUT2D eigenvalue weighted by molar-refractivity contribution is 5.94. The summed E-state index contributed by atoms with van der Waals surface area (Å²) in [4.78, 5) is 23.5. The van der Waals surface area contributed by atoms with Crippen molar-refractivity contribution in [3.63, 3.8) is 0 Å². The van der Waals surface area contributed by atoms with E-state index in [0.717, 1.165) is 44.0 Å². The largest absolute Gasteiger partial charge is 0.501 e. The molecule has 23 heavy (non-hydrogen) atoms. The summed E-state index contributed by atoms with van der Waals surface area (Å²) >= 11 is 0. The zero-order chi connectivity index (χ0) is 16.5. The molecule has 1 heterocycles. The van der Waals surface area contributed by atoms with Gasteiger partial charge in [0.1, 0.15) is 6.29 Å². The number of hydrogen-bond acceptors (Lipinski definition) is 3. The Labute approximate surface area is 139 Å². The molecule has 1 atom stereocenters. The van der Waals surface area contributed by atoms with E-state index >= 15 is 0 Å². The molecule has 1 aromatic rings. The summed E-state index contributed by atoms with van der Waals surface area (Å²) < 4.78 is 5.41. The third-order valence-electron chi connectivity index (χ3n) is 4.12. The molecule has 4 heteroatoms. The summed E-state index contributed by atoms with van der Waals surface area (Å²) in [5.41, 5.74) is 2.89. The Morgan fingerprint density at radius 2 is 1.91 bits per heavy atom. The normalized spacial score (nSPS) is 23.1. The Kier molecular flexibility index (Phi) is 6.85. The van der Waals surface area contributed by atoms with Gasteiger partial charge >= 0.3 is 0 Å². The number of aldehydes is 1. The van der Waals surface area contributed by atoms with Crippen molar-refractivity contribution in [2.75, 3.05) is 6.61 Å². The Morgan fingerprint density at radius 1 is 1.17 bits per heavy atom. The van der Waals surface area contributed by atoms with Gasteiger partial charge in [0.25, 0.3) is 5.91 Å². The van der Waals surface area contributed by atoms with Crippen molar-refractivity contribution in [2.24, 2.45) is 0 Å². The number of hydrogen-bond donors (Lipinski definition) is 1. The molecule has 0 unspecified atom stereocenters. The molecule has 0 saturated carbocycles. The van der Waals surface area contributed by atoms with Crippen LogP contribution in [0.25, 0.3) is 0 Å². The number of rotatable bonds is 1. The monoisotopic (exact) mass is 317 g/mol. The Morgan fingerprint density at radius 3 is 2.70 bits per heavy atom. The molecule has 0 bridgehead atoms. The SMILES string of the molecule is C/C1=C/OCCCCCCc2ccccc2C[C@@H](C=O)NC1=O.[HH]. The third kappa shape index (κ3) is 5.55. The van der Waals surface area contributed by atoms with E-state index in [4.69, 9.17) is 4.74 Å². The maximum atomic E-state index is 12.1. The molecule has 126 valence electrons. The van der Waals surface area contributed by atoms with Gasteiger partial charge < -0.3 is 14.8 Å². The summed E-state index contributed by atoms with van der Waals surface area (Å²) in [5.74, 6) is -0.255. The lowest BCUT2D eigenvalue weighted by Gasteiger charge is -2.15. The minimum atomic E-state index is -0.517. The van der Waals surface area contributed by atoms with Crippen molar-refractivity contribution in [3.8, 4) is 0 Å². The van der Waals surface area contributed by atoms with Crippen LogP contribution in [-0.2, 0) is 27.2 Å². The molecule has 1 aliphatic heterocycles. The highest BCUT2D eigenvalue weighted by atomic mass is 16.5. The second-order valence-corrected chi connectivity index (χ2v) is 6.02. The summed E-state index contributed by atoms with van der Waals surface area (Å²) in [6, 6.07) is 7.66. The van der Waals surface area contributed by atoms with E-state index in [1.54, 1.807) is 6.92 Å². The minimum Gasteiger partial charge on any atom is -0.501 e. The summed E-state index contributed by atoms with van der Waals surface area (Å²) in [6.07, 6.45) is 8.24. The predicted octanol–water partition coefficient (Wildman–Crippen LogP) is 3.20. The molecule has 2 rings (SSSR count). The van der Waals surface area contributed by atoms with E-state index in [2.05, 4.69) is 11.4 Å². The highest BCUT2D eigenvalue weighted by Gasteiger charge is 2.15. The van der Waals surface area contributed by atoms with E-state index in [-0.39, 0.29) is 7.33 Å². The first kappa shape index (κ1) is 17.3. The fourth-order valence-corrected chi connectivity index (χ4v) is 2.74. The lowest BCUT2D eigenvalue weighted by molar-refractivity contribution is -0.121. The molecule has 1 N–H and O–H groups in total. The van der Waals surface area contributed by atoms with Crippen LogP contribution in [0, 0.1) is 0 Å². The average Bonchev–Trinajstić information content (AvgIpc) is 2.57. The van der Waals surface area contributed by atoms with Crippen LogP contribution in [0.5, 0.6) is 0 Å². The standard InChI is InChI=1S/C19H25NO3.H2/c1-15-14-23-11-7-3-2-4-8-16-9-5-6-10-17(16)12-18(13-21)20-19(15)22;/h5-6,9-10,13-14,18H,2-4,7-8,11-12H2,1H3,(H,20,22);1H/b15-14-;/t18-;/m0./s1. The molecular formula is C19H27NO3. The summed E-state index contributed by atoms with van der Waals surface area (Å²) in [5, 5.41) is 2.77. The number of carbonyl (C=O) groups excluding carboxylic acids is 2. The maximum Gasteiger partial charge on any atom is 0.250 e. The van der Waals surface area contributed by atoms with Gasteiger partial charge in [0, 0.05) is 7.00 Å². The van der Waals surface area contributed by atoms with Gasteiger partial charge in [-0.05, 0) is 43.7 Å². The van der Waals surface area contributed by atoms with Gasteiger partial charge in [0.05, 0.1) is 18.9 Å². The number of ether oxygens (including phenoxy) is 1. The first-order chi connectivity index (χ1) is 11.2. The predicted molar refractivity (Wildman–Crippen MR) is 92.1 cm³/mol. The fraction of sp³-hybridized carbons (Fsp3) is 0.474. The Hall–Kier alpha value is -2.10. The first-order valence-corrected chi connectivity index (χ1v) is 8.32. The molecular weight excluding hydrogens is 290 g/mol. The number of nitrogens with one attached hydrogen (secondary N) is 1. The van der Waals surface area contributed by atoms with Crippen molar-refractivity contribution in [1.82, 2.24) is 5.32 Å². The van der Waals surface area contributed by atoms with Crippen molar-refractivity contribution >= 4 is 12.2 Å². The summed E-state index contributed by atoms with van der Waals surface area (Å²) in [6.45, 7) is 2.32. The van der Waals surface area contributed by atoms with Gasteiger partial charge in [-0.15, -0.1) is 0 Å². The second kappa shape index (κ2) is 9.13. The topological polar surface area (TPSA) is 55.4 Å². The van der Waals surface area contributed by atoms with Crippen molar-refractivity contribution in [1.29, 1.82) is 0 Å². The Balaban J connectivity index is 0.00000288. The van der Waals surface area contributed by atoms with E-state index < -0.39 is 6.04 Å². The molecule has 1 aliphatic rings. The Bertz CT molecular complexity index is 571. The van der Waals surface area contributed by atoms with Crippen molar-refractivity contribution in [2.45, 2.75) is 51.5 Å². The smallest absolute Gasteiger partial charge is 0.250 e. The lowest BCUT2D eigenvalue weighted by atomic mass is 9.96. The zero-order valence-electron chi connectivity index (χ0n) is 13.7. The first-order valence-electron chi connectivity index (χ1n) is 8.32. The second-order valence-electron chi connectivity index (χ2n) is 6.02. The highest BCUT2D eigenvalue weighted by Crippen LogP contribution is 2.15. The van der Waals surface area contributed by atoms with Gasteiger partial charge in [0.2, 0.25) is 0 Å². The number of benzene rings is 1. The number of fused-ring (bicyclic) bond motifs is 1. The van der Waals surface area contributed by atoms with Gasteiger partial charge in [-0.1, -0.05) is 37.1 Å². The van der Waals surface area contributed by atoms with Crippen LogP contribution in [-0.4, -0.2) is 24.8 Å². The van der Waals surface area contributed by atoms with Crippen molar-refractivity contribution in [3.05, 3.63) is 47.2 Å². The fourth-order valence-electron chi connectivity index (χ4n) is 2.74.